The largest absolute Gasteiger partial charge is 0.296 e. The molecule has 0 aromatic rings. The van der Waals surface area contributed by atoms with Crippen molar-refractivity contribution < 1.29 is 19.2 Å². The Kier molecular flexibility index (Phi) is 7.65. The highest BCUT2D eigenvalue weighted by Gasteiger charge is 2.06. The van der Waals surface area contributed by atoms with Crippen molar-refractivity contribution in [3.8, 4) is 0 Å². The zero-order valence-corrected chi connectivity index (χ0v) is 10.5. The Morgan fingerprint density at radius 2 is 1.12 bits per heavy atom. The zero-order chi connectivity index (χ0) is 12.6. The average molecular weight is 264 g/mol. The van der Waals surface area contributed by atoms with Gasteiger partial charge in [0, 0.05) is 13.8 Å². The Morgan fingerprint density at radius 3 is 1.38 bits per heavy atom. The molecule has 0 spiro atoms. The number of carbonyl (C=O) groups is 4. The third kappa shape index (κ3) is 9.53. The molecule has 2 N–H and O–H groups in total. The summed E-state index contributed by atoms with van der Waals surface area (Å²) >= 11 is 0. The molecular weight excluding hydrogens is 252 g/mol. The monoisotopic (exact) mass is 264 g/mol. The molecule has 90 valence electrons. The van der Waals surface area contributed by atoms with Crippen LogP contribution in [-0.2, 0) is 19.2 Å². The van der Waals surface area contributed by atoms with Crippen LogP contribution in [0.4, 0.5) is 0 Å². The van der Waals surface area contributed by atoms with Crippen molar-refractivity contribution in [2.45, 2.75) is 13.8 Å². The second-order valence-corrected chi connectivity index (χ2v) is 5.20. The molecule has 0 unspecified atom stereocenters. The molecule has 0 radical (unpaired) electrons. The van der Waals surface area contributed by atoms with Gasteiger partial charge in [-0.3, -0.25) is 29.8 Å². The lowest BCUT2D eigenvalue weighted by molar-refractivity contribution is -0.129. The summed E-state index contributed by atoms with van der Waals surface area (Å²) in [5, 5.41) is 4.19. The minimum absolute atomic E-state index is 0.0810. The van der Waals surface area contributed by atoms with Crippen LogP contribution in [0.5, 0.6) is 0 Å². The highest BCUT2D eigenvalue weighted by molar-refractivity contribution is 8.77. The van der Waals surface area contributed by atoms with Crippen molar-refractivity contribution in [2.75, 3.05) is 11.5 Å². The normalized spacial score (nSPS) is 9.38. The number of nitrogens with one attached hydrogen (secondary N) is 2. The summed E-state index contributed by atoms with van der Waals surface area (Å²) in [6.45, 7) is 2.49. The minimum atomic E-state index is -0.412. The van der Waals surface area contributed by atoms with E-state index in [2.05, 4.69) is 10.6 Å². The molecule has 0 saturated carbocycles. The van der Waals surface area contributed by atoms with E-state index in [-0.39, 0.29) is 11.5 Å². The highest BCUT2D eigenvalue weighted by Crippen LogP contribution is 2.19. The van der Waals surface area contributed by atoms with Crippen molar-refractivity contribution in [3.63, 3.8) is 0 Å². The molecule has 0 aromatic carbocycles. The van der Waals surface area contributed by atoms with Gasteiger partial charge >= 0.3 is 0 Å². The van der Waals surface area contributed by atoms with E-state index in [1.807, 2.05) is 0 Å². The van der Waals surface area contributed by atoms with E-state index in [0.717, 1.165) is 21.6 Å². The molecule has 0 bridgehead atoms. The van der Waals surface area contributed by atoms with Gasteiger partial charge in [-0.2, -0.15) is 0 Å². The molecule has 0 atom stereocenters. The van der Waals surface area contributed by atoms with Crippen LogP contribution in [-0.4, -0.2) is 35.1 Å². The van der Waals surface area contributed by atoms with Crippen LogP contribution >= 0.6 is 21.6 Å². The molecule has 0 aliphatic carbocycles. The van der Waals surface area contributed by atoms with Crippen LogP contribution in [0.1, 0.15) is 13.8 Å². The SMILES string of the molecule is CC(=O)NC(=O)CSSCC(=O)NC(C)=O. The molecule has 0 saturated heterocycles. The Labute approximate surface area is 101 Å². The Morgan fingerprint density at radius 1 is 0.812 bits per heavy atom. The van der Waals surface area contributed by atoms with Gasteiger partial charge in [0.05, 0.1) is 11.5 Å². The van der Waals surface area contributed by atoms with Gasteiger partial charge in [0.15, 0.2) is 0 Å². The lowest BCUT2D eigenvalue weighted by Crippen LogP contribution is -2.30. The fourth-order valence-electron chi connectivity index (χ4n) is 0.655. The van der Waals surface area contributed by atoms with E-state index in [4.69, 9.17) is 0 Å². The van der Waals surface area contributed by atoms with Crippen molar-refractivity contribution in [1.29, 1.82) is 0 Å². The summed E-state index contributed by atoms with van der Waals surface area (Å²) < 4.78 is 0. The van der Waals surface area contributed by atoms with Crippen molar-refractivity contribution in [1.82, 2.24) is 10.6 Å². The van der Waals surface area contributed by atoms with Gasteiger partial charge in [0.1, 0.15) is 0 Å². The van der Waals surface area contributed by atoms with Crippen LogP contribution in [0.15, 0.2) is 0 Å². The van der Waals surface area contributed by atoms with E-state index in [0.29, 0.717) is 0 Å². The molecule has 0 aromatic heterocycles. The van der Waals surface area contributed by atoms with Crippen molar-refractivity contribution >= 4 is 45.2 Å². The molecule has 6 nitrogen and oxygen atoms in total. The fraction of sp³-hybridized carbons (Fsp3) is 0.500. The van der Waals surface area contributed by atoms with Gasteiger partial charge in [0.2, 0.25) is 23.6 Å². The molecule has 0 aliphatic heterocycles. The minimum Gasteiger partial charge on any atom is -0.296 e. The number of amides is 4. The first-order valence-electron chi connectivity index (χ1n) is 4.27. The first kappa shape index (κ1) is 15.0. The van der Waals surface area contributed by atoms with Gasteiger partial charge in [0.25, 0.3) is 0 Å². The van der Waals surface area contributed by atoms with Crippen LogP contribution < -0.4 is 10.6 Å². The average Bonchev–Trinajstić information content (AvgIpc) is 2.10. The number of imide groups is 2. The van der Waals surface area contributed by atoms with Gasteiger partial charge in [-0.05, 0) is 0 Å². The molecule has 0 rings (SSSR count). The first-order chi connectivity index (χ1) is 7.41. The quantitative estimate of drug-likeness (QED) is 0.523. The molecule has 8 heteroatoms. The van der Waals surface area contributed by atoms with Gasteiger partial charge < -0.3 is 0 Å². The number of rotatable bonds is 5. The smallest absolute Gasteiger partial charge is 0.237 e. The van der Waals surface area contributed by atoms with Crippen LogP contribution in [0.2, 0.25) is 0 Å². The molecule has 0 fully saturated rings. The van der Waals surface area contributed by atoms with Crippen LogP contribution in [0.25, 0.3) is 0 Å². The molecule has 16 heavy (non-hydrogen) atoms. The third-order valence-electron chi connectivity index (χ3n) is 1.09. The Balaban J connectivity index is 3.53. The summed E-state index contributed by atoms with van der Waals surface area (Å²) in [6, 6.07) is 0. The maximum atomic E-state index is 11.0. The maximum Gasteiger partial charge on any atom is 0.237 e. The van der Waals surface area contributed by atoms with Crippen molar-refractivity contribution in [3.05, 3.63) is 0 Å². The number of hydrogen-bond donors (Lipinski definition) is 2. The van der Waals surface area contributed by atoms with E-state index in [9.17, 15) is 19.2 Å². The zero-order valence-electron chi connectivity index (χ0n) is 8.86. The predicted molar refractivity (Wildman–Crippen MR) is 62.6 cm³/mol. The molecule has 0 aliphatic rings. The Bertz CT molecular complexity index is 276. The maximum absolute atomic E-state index is 11.0. The molecular formula is C8H12N2O4S2. The fourth-order valence-corrected chi connectivity index (χ4v) is 2.32. The van der Waals surface area contributed by atoms with E-state index >= 15 is 0 Å². The number of hydrogen-bond acceptors (Lipinski definition) is 6. The standard InChI is InChI=1S/C8H12N2O4S2/c1-5(11)9-7(13)3-15-16-4-8(14)10-6(2)12/h3-4H2,1-2H3,(H,9,11,13)(H,10,12,14). The summed E-state index contributed by atoms with van der Waals surface area (Å²) in [5.74, 6) is -1.47. The van der Waals surface area contributed by atoms with E-state index < -0.39 is 23.6 Å². The lowest BCUT2D eigenvalue weighted by atomic mass is 10.6. The third-order valence-corrected chi connectivity index (χ3v) is 3.23. The summed E-state index contributed by atoms with van der Waals surface area (Å²) in [5.41, 5.74) is 0. The van der Waals surface area contributed by atoms with Crippen molar-refractivity contribution in [2.24, 2.45) is 0 Å². The first-order valence-corrected chi connectivity index (χ1v) is 6.76. The summed E-state index contributed by atoms with van der Waals surface area (Å²) in [6.07, 6.45) is 0. The number of carbonyl (C=O) groups excluding carboxylic acids is 4. The summed E-state index contributed by atoms with van der Waals surface area (Å²) in [7, 11) is 2.28. The second kappa shape index (κ2) is 8.17. The van der Waals surface area contributed by atoms with Gasteiger partial charge in [-0.1, -0.05) is 21.6 Å². The van der Waals surface area contributed by atoms with E-state index in [1.165, 1.54) is 13.8 Å². The molecule has 0 heterocycles. The Hall–Kier alpha value is -1.02. The van der Waals surface area contributed by atoms with E-state index in [1.54, 1.807) is 0 Å². The van der Waals surface area contributed by atoms with Crippen LogP contribution in [0.3, 0.4) is 0 Å². The topological polar surface area (TPSA) is 92.3 Å². The lowest BCUT2D eigenvalue weighted by Gasteiger charge is -2.01. The second-order valence-electron chi connectivity index (χ2n) is 2.73. The predicted octanol–water partition coefficient (Wildman–Crippen LogP) is -0.307. The molecule has 4 amide bonds. The van der Waals surface area contributed by atoms with Crippen LogP contribution in [0, 0.1) is 0 Å². The van der Waals surface area contributed by atoms with Gasteiger partial charge in [-0.15, -0.1) is 0 Å². The summed E-state index contributed by atoms with van der Waals surface area (Å²) in [4.78, 5) is 42.8. The highest BCUT2D eigenvalue weighted by atomic mass is 33.1. The van der Waals surface area contributed by atoms with Gasteiger partial charge in [-0.25, -0.2) is 0 Å².